The van der Waals surface area contributed by atoms with Gasteiger partial charge in [-0.25, -0.2) is 0 Å². The van der Waals surface area contributed by atoms with Crippen LogP contribution in [-0.4, -0.2) is 24.6 Å². The van der Waals surface area contributed by atoms with Crippen LogP contribution in [0.3, 0.4) is 0 Å². The maximum Gasteiger partial charge on any atom is 0.305 e. The zero-order valence-electron chi connectivity index (χ0n) is 14.6. The highest BCUT2D eigenvalue weighted by atomic mass is 32.2. The lowest BCUT2D eigenvalue weighted by Gasteiger charge is -2.01. The Morgan fingerprint density at radius 2 is 1.64 bits per heavy atom. The maximum absolute atomic E-state index is 10.9. The molecule has 0 rings (SSSR count). The van der Waals surface area contributed by atoms with Crippen LogP contribution in [0.2, 0.25) is 0 Å². The van der Waals surface area contributed by atoms with Gasteiger partial charge in [0.15, 0.2) is 0 Å². The fourth-order valence-corrected chi connectivity index (χ4v) is 2.95. The van der Waals surface area contributed by atoms with Crippen molar-refractivity contribution in [2.45, 2.75) is 77.6 Å². The molecular formula is C19H34O2S. The Morgan fingerprint density at radius 1 is 1.00 bits per heavy atom. The molecule has 0 aromatic heterocycles. The number of methoxy groups -OCH3 is 1. The predicted molar refractivity (Wildman–Crippen MR) is 98.5 cm³/mol. The Kier molecular flexibility index (Phi) is 17.8. The van der Waals surface area contributed by atoms with E-state index >= 15 is 0 Å². The first-order chi connectivity index (χ1) is 10.8. The quantitative estimate of drug-likeness (QED) is 0.212. The average molecular weight is 327 g/mol. The van der Waals surface area contributed by atoms with Gasteiger partial charge in [-0.15, -0.1) is 5.73 Å². The molecule has 0 heterocycles. The molecule has 0 radical (unpaired) electrons. The third-order valence-corrected chi connectivity index (χ3v) is 4.53. The van der Waals surface area contributed by atoms with Crippen molar-refractivity contribution in [2.75, 3.05) is 18.6 Å². The predicted octanol–water partition coefficient (Wildman–Crippen LogP) is 5.91. The molecule has 0 aliphatic heterocycles. The van der Waals surface area contributed by atoms with Crippen molar-refractivity contribution >= 4 is 17.7 Å². The van der Waals surface area contributed by atoms with Crippen molar-refractivity contribution in [1.29, 1.82) is 0 Å². The highest BCUT2D eigenvalue weighted by Gasteiger charge is 1.95. The van der Waals surface area contributed by atoms with Gasteiger partial charge in [0.05, 0.1) is 7.11 Å². The smallest absolute Gasteiger partial charge is 0.305 e. The lowest BCUT2D eigenvalue weighted by Crippen LogP contribution is -1.97. The maximum atomic E-state index is 10.9. The second-order valence-corrected chi connectivity index (χ2v) is 6.74. The lowest BCUT2D eigenvalue weighted by molar-refractivity contribution is -0.140. The molecule has 0 bridgehead atoms. The van der Waals surface area contributed by atoms with Crippen molar-refractivity contribution in [3.8, 4) is 0 Å². The minimum atomic E-state index is -0.155. The normalized spacial score (nSPS) is 10.1. The van der Waals surface area contributed by atoms with Crippen molar-refractivity contribution in [3.05, 3.63) is 17.9 Å². The van der Waals surface area contributed by atoms with Crippen LogP contribution in [0.1, 0.15) is 77.6 Å². The summed E-state index contributed by atoms with van der Waals surface area (Å²) in [5.74, 6) is 2.11. The molecule has 2 nitrogen and oxygen atoms in total. The number of unbranched alkanes of at least 4 members (excludes halogenated alkanes) is 8. The Hall–Kier alpha value is -0.660. The van der Waals surface area contributed by atoms with E-state index in [1.807, 2.05) is 17.8 Å². The molecule has 128 valence electrons. The molecular weight excluding hydrogens is 292 g/mol. The molecule has 0 fully saturated rings. The highest BCUT2D eigenvalue weighted by molar-refractivity contribution is 7.99. The highest BCUT2D eigenvalue weighted by Crippen LogP contribution is 2.11. The van der Waals surface area contributed by atoms with Gasteiger partial charge >= 0.3 is 5.97 Å². The van der Waals surface area contributed by atoms with Crippen molar-refractivity contribution in [1.82, 2.24) is 0 Å². The molecule has 0 aromatic carbocycles. The summed E-state index contributed by atoms with van der Waals surface area (Å²) in [7, 11) is 1.42. The average Bonchev–Trinajstić information content (AvgIpc) is 2.54. The first-order valence-electron chi connectivity index (χ1n) is 8.85. The first kappa shape index (κ1) is 21.3. The minimum absolute atomic E-state index is 0.155. The topological polar surface area (TPSA) is 26.3 Å². The summed E-state index contributed by atoms with van der Waals surface area (Å²) in [6.07, 6.45) is 17.7. The van der Waals surface area contributed by atoms with E-state index in [0.29, 0.717) is 12.8 Å². The summed E-state index contributed by atoms with van der Waals surface area (Å²) in [6, 6.07) is 0. The van der Waals surface area contributed by atoms with Crippen molar-refractivity contribution < 1.29 is 9.53 Å². The van der Waals surface area contributed by atoms with Crippen LogP contribution in [-0.2, 0) is 9.53 Å². The molecule has 0 saturated carbocycles. The molecule has 0 saturated heterocycles. The Morgan fingerprint density at radius 3 is 2.27 bits per heavy atom. The molecule has 0 amide bonds. The monoisotopic (exact) mass is 326 g/mol. The van der Waals surface area contributed by atoms with Crippen LogP contribution < -0.4 is 0 Å². The summed E-state index contributed by atoms with van der Waals surface area (Å²) in [5.41, 5.74) is 3.12. The van der Waals surface area contributed by atoms with E-state index in [0.717, 1.165) is 5.75 Å². The fraction of sp³-hybridized carbons (Fsp3) is 0.789. The van der Waals surface area contributed by atoms with Crippen LogP contribution in [0.4, 0.5) is 0 Å². The van der Waals surface area contributed by atoms with Crippen molar-refractivity contribution in [3.63, 3.8) is 0 Å². The molecule has 22 heavy (non-hydrogen) atoms. The van der Waals surface area contributed by atoms with E-state index in [1.165, 1.54) is 70.7 Å². The fourth-order valence-electron chi connectivity index (χ4n) is 2.16. The second kappa shape index (κ2) is 18.4. The van der Waals surface area contributed by atoms with Gasteiger partial charge in [-0.3, -0.25) is 4.79 Å². The molecule has 0 atom stereocenters. The molecule has 0 aromatic rings. The first-order valence-corrected chi connectivity index (χ1v) is 10.0. The largest absolute Gasteiger partial charge is 0.469 e. The Balaban J connectivity index is 3.19. The third-order valence-electron chi connectivity index (χ3n) is 3.55. The SMILES string of the molecule is CCCCCCCCCCCSCC=C=CCCC(=O)OC. The van der Waals surface area contributed by atoms with Gasteiger partial charge in [-0.1, -0.05) is 58.3 Å². The van der Waals surface area contributed by atoms with Crippen molar-refractivity contribution in [2.24, 2.45) is 0 Å². The number of carbonyl (C=O) groups excluding carboxylic acids is 1. The van der Waals surface area contributed by atoms with Crippen LogP contribution in [0.15, 0.2) is 17.9 Å². The van der Waals surface area contributed by atoms with Gasteiger partial charge < -0.3 is 4.74 Å². The molecule has 0 aliphatic carbocycles. The van der Waals surface area contributed by atoms with E-state index in [2.05, 4.69) is 23.5 Å². The van der Waals surface area contributed by atoms with Gasteiger partial charge in [0.25, 0.3) is 0 Å². The summed E-state index contributed by atoms with van der Waals surface area (Å²) >= 11 is 1.97. The number of rotatable bonds is 15. The molecule has 3 heteroatoms. The molecule has 0 spiro atoms. The Labute approximate surface area is 141 Å². The van der Waals surface area contributed by atoms with Gasteiger partial charge in [-0.05, 0) is 30.7 Å². The van der Waals surface area contributed by atoms with Crippen LogP contribution >= 0.6 is 11.8 Å². The summed E-state index contributed by atoms with van der Waals surface area (Å²) in [5, 5.41) is 0. The van der Waals surface area contributed by atoms with E-state index in [9.17, 15) is 4.79 Å². The van der Waals surface area contributed by atoms with Gasteiger partial charge in [0.1, 0.15) is 0 Å². The molecule has 0 N–H and O–H groups in total. The van der Waals surface area contributed by atoms with E-state index in [1.54, 1.807) is 0 Å². The van der Waals surface area contributed by atoms with Gasteiger partial charge in [-0.2, -0.15) is 11.8 Å². The number of carbonyl (C=O) groups is 1. The zero-order valence-corrected chi connectivity index (χ0v) is 15.4. The standard InChI is InChI=1S/C19H34O2S/c1-3-4-5-6-7-8-9-11-14-17-22-18-15-12-10-13-16-19(20)21-2/h10,15H,3-9,11,13-14,16-18H2,1-2H3. The number of hydrogen-bond donors (Lipinski definition) is 0. The number of ether oxygens (including phenoxy) is 1. The number of hydrogen-bond acceptors (Lipinski definition) is 3. The number of thioether (sulfide) groups is 1. The van der Waals surface area contributed by atoms with E-state index in [4.69, 9.17) is 0 Å². The Bertz CT molecular complexity index is 307. The second-order valence-electron chi connectivity index (χ2n) is 5.59. The third kappa shape index (κ3) is 17.4. The van der Waals surface area contributed by atoms with Crippen LogP contribution in [0.25, 0.3) is 0 Å². The number of esters is 1. The summed E-state index contributed by atoms with van der Waals surface area (Å²) in [6.45, 7) is 2.27. The zero-order chi connectivity index (χ0) is 16.3. The van der Waals surface area contributed by atoms with E-state index < -0.39 is 0 Å². The molecule has 0 unspecified atom stereocenters. The van der Waals surface area contributed by atoms with E-state index in [-0.39, 0.29) is 5.97 Å². The van der Waals surface area contributed by atoms with Gasteiger partial charge in [0, 0.05) is 12.2 Å². The molecule has 0 aliphatic rings. The lowest BCUT2D eigenvalue weighted by atomic mass is 10.1. The summed E-state index contributed by atoms with van der Waals surface area (Å²) < 4.78 is 4.57. The minimum Gasteiger partial charge on any atom is -0.469 e. The van der Waals surface area contributed by atoms with Crippen LogP contribution in [0, 0.1) is 0 Å². The van der Waals surface area contributed by atoms with Gasteiger partial charge in [0.2, 0.25) is 0 Å². The summed E-state index contributed by atoms with van der Waals surface area (Å²) in [4.78, 5) is 10.9. The van der Waals surface area contributed by atoms with Crippen LogP contribution in [0.5, 0.6) is 0 Å².